The third-order valence-electron chi connectivity index (χ3n) is 3.90. The highest BCUT2D eigenvalue weighted by molar-refractivity contribution is 6.04. The molecule has 0 aliphatic rings. The first-order valence-electron chi connectivity index (χ1n) is 7.90. The molecule has 0 saturated carbocycles. The third kappa shape index (κ3) is 3.80. The first-order chi connectivity index (χ1) is 12.2. The summed E-state index contributed by atoms with van der Waals surface area (Å²) in [6.07, 6.45) is 0. The standard InChI is InChI=1S/C21H19NO3/c1-24-19-13-10-17(14-20(19)25-2)21(23)22-18-11-8-16(9-12-18)15-6-4-3-5-7-15/h3-14H,1-2H3,(H,22,23). The van der Waals surface area contributed by atoms with Crippen LogP contribution < -0.4 is 14.8 Å². The van der Waals surface area contributed by atoms with E-state index >= 15 is 0 Å². The Balaban J connectivity index is 1.75. The number of carbonyl (C=O) groups is 1. The van der Waals surface area contributed by atoms with Crippen LogP contribution in [-0.4, -0.2) is 20.1 Å². The Kier molecular flexibility index (Phi) is 5.00. The molecule has 0 aromatic heterocycles. The number of carbonyl (C=O) groups excluding carboxylic acids is 1. The molecule has 3 aromatic carbocycles. The van der Waals surface area contributed by atoms with Gasteiger partial charge in [-0.15, -0.1) is 0 Å². The number of hydrogen-bond acceptors (Lipinski definition) is 3. The fraction of sp³-hybridized carbons (Fsp3) is 0.0952. The number of rotatable bonds is 5. The van der Waals surface area contributed by atoms with Gasteiger partial charge in [0.2, 0.25) is 0 Å². The molecule has 1 amide bonds. The summed E-state index contributed by atoms with van der Waals surface area (Å²) in [6, 6.07) is 22.9. The number of methoxy groups -OCH3 is 2. The molecule has 0 radical (unpaired) electrons. The molecule has 0 saturated heterocycles. The monoisotopic (exact) mass is 333 g/mol. The minimum Gasteiger partial charge on any atom is -0.493 e. The normalized spacial score (nSPS) is 10.2. The first kappa shape index (κ1) is 16.6. The molecule has 0 bridgehead atoms. The van der Waals surface area contributed by atoms with Crippen LogP contribution >= 0.6 is 0 Å². The summed E-state index contributed by atoms with van der Waals surface area (Å²) in [5, 5.41) is 2.89. The van der Waals surface area contributed by atoms with Crippen LogP contribution in [0, 0.1) is 0 Å². The molecule has 0 aliphatic heterocycles. The van der Waals surface area contributed by atoms with E-state index in [0.717, 1.165) is 16.8 Å². The number of amides is 1. The fourth-order valence-corrected chi connectivity index (χ4v) is 2.56. The van der Waals surface area contributed by atoms with Crippen LogP contribution in [0.15, 0.2) is 72.8 Å². The average Bonchev–Trinajstić information content (AvgIpc) is 2.68. The van der Waals surface area contributed by atoms with Crippen LogP contribution in [-0.2, 0) is 0 Å². The molecule has 1 N–H and O–H groups in total. The number of hydrogen-bond donors (Lipinski definition) is 1. The molecule has 0 atom stereocenters. The van der Waals surface area contributed by atoms with E-state index < -0.39 is 0 Å². The van der Waals surface area contributed by atoms with Gasteiger partial charge in [0.25, 0.3) is 5.91 Å². The second-order valence-electron chi connectivity index (χ2n) is 5.47. The second-order valence-corrected chi connectivity index (χ2v) is 5.47. The molecule has 0 unspecified atom stereocenters. The van der Waals surface area contributed by atoms with E-state index in [1.807, 2.05) is 42.5 Å². The predicted molar refractivity (Wildman–Crippen MR) is 99.4 cm³/mol. The number of nitrogens with one attached hydrogen (secondary N) is 1. The first-order valence-corrected chi connectivity index (χ1v) is 7.90. The summed E-state index contributed by atoms with van der Waals surface area (Å²) >= 11 is 0. The minimum atomic E-state index is -0.201. The average molecular weight is 333 g/mol. The number of ether oxygens (including phenoxy) is 2. The van der Waals surface area contributed by atoms with Crippen LogP contribution in [0.2, 0.25) is 0 Å². The second kappa shape index (κ2) is 7.53. The Morgan fingerprint density at radius 1 is 0.760 bits per heavy atom. The van der Waals surface area contributed by atoms with Crippen LogP contribution in [0.25, 0.3) is 11.1 Å². The highest BCUT2D eigenvalue weighted by atomic mass is 16.5. The van der Waals surface area contributed by atoms with Crippen molar-refractivity contribution in [2.24, 2.45) is 0 Å². The van der Waals surface area contributed by atoms with Crippen molar-refractivity contribution in [3.8, 4) is 22.6 Å². The molecule has 3 aromatic rings. The lowest BCUT2D eigenvalue weighted by Gasteiger charge is -2.10. The molecule has 0 fully saturated rings. The maximum atomic E-state index is 12.4. The lowest BCUT2D eigenvalue weighted by atomic mass is 10.1. The summed E-state index contributed by atoms with van der Waals surface area (Å²) in [4.78, 5) is 12.4. The third-order valence-corrected chi connectivity index (χ3v) is 3.90. The van der Waals surface area contributed by atoms with E-state index in [0.29, 0.717) is 17.1 Å². The zero-order valence-corrected chi connectivity index (χ0v) is 14.2. The van der Waals surface area contributed by atoms with E-state index in [1.54, 1.807) is 32.4 Å². The summed E-state index contributed by atoms with van der Waals surface area (Å²) in [6.45, 7) is 0. The van der Waals surface area contributed by atoms with Gasteiger partial charge in [0, 0.05) is 11.3 Å². The van der Waals surface area contributed by atoms with E-state index in [2.05, 4.69) is 17.4 Å². The molecule has 3 rings (SSSR count). The van der Waals surface area contributed by atoms with Crippen molar-refractivity contribution < 1.29 is 14.3 Å². The molecular formula is C21H19NO3. The van der Waals surface area contributed by atoms with E-state index in [1.165, 1.54) is 0 Å². The molecule has 0 spiro atoms. The summed E-state index contributed by atoms with van der Waals surface area (Å²) in [7, 11) is 3.10. The van der Waals surface area contributed by atoms with Gasteiger partial charge in [0.15, 0.2) is 11.5 Å². The lowest BCUT2D eigenvalue weighted by Crippen LogP contribution is -2.12. The zero-order valence-electron chi connectivity index (χ0n) is 14.2. The fourth-order valence-electron chi connectivity index (χ4n) is 2.56. The Bertz CT molecular complexity index is 858. The van der Waals surface area contributed by atoms with Gasteiger partial charge in [-0.3, -0.25) is 4.79 Å². The molecule has 126 valence electrons. The van der Waals surface area contributed by atoms with Crippen molar-refractivity contribution in [1.29, 1.82) is 0 Å². The van der Waals surface area contributed by atoms with Gasteiger partial charge in [0.1, 0.15) is 0 Å². The maximum absolute atomic E-state index is 12.4. The minimum absolute atomic E-state index is 0.201. The van der Waals surface area contributed by atoms with Crippen molar-refractivity contribution in [1.82, 2.24) is 0 Å². The van der Waals surface area contributed by atoms with Crippen LogP contribution in [0.5, 0.6) is 11.5 Å². The van der Waals surface area contributed by atoms with Crippen molar-refractivity contribution in [3.63, 3.8) is 0 Å². The quantitative estimate of drug-likeness (QED) is 0.741. The Morgan fingerprint density at radius 2 is 1.40 bits per heavy atom. The molecule has 0 aliphatic carbocycles. The van der Waals surface area contributed by atoms with Crippen LogP contribution in [0.3, 0.4) is 0 Å². The van der Waals surface area contributed by atoms with Gasteiger partial charge in [-0.25, -0.2) is 0 Å². The van der Waals surface area contributed by atoms with Crippen LogP contribution in [0.1, 0.15) is 10.4 Å². The zero-order chi connectivity index (χ0) is 17.6. The SMILES string of the molecule is COc1ccc(C(=O)Nc2ccc(-c3ccccc3)cc2)cc1OC. The van der Waals surface area contributed by atoms with E-state index in [9.17, 15) is 4.79 Å². The van der Waals surface area contributed by atoms with Gasteiger partial charge in [-0.1, -0.05) is 42.5 Å². The van der Waals surface area contributed by atoms with Crippen LogP contribution in [0.4, 0.5) is 5.69 Å². The smallest absolute Gasteiger partial charge is 0.255 e. The van der Waals surface area contributed by atoms with Gasteiger partial charge < -0.3 is 14.8 Å². The summed E-state index contributed by atoms with van der Waals surface area (Å²) in [5.41, 5.74) is 3.48. The number of anilines is 1. The maximum Gasteiger partial charge on any atom is 0.255 e. The predicted octanol–water partition coefficient (Wildman–Crippen LogP) is 4.62. The van der Waals surface area contributed by atoms with Crippen molar-refractivity contribution in [2.45, 2.75) is 0 Å². The topological polar surface area (TPSA) is 47.6 Å². The number of benzene rings is 3. The highest BCUT2D eigenvalue weighted by Crippen LogP contribution is 2.28. The Labute approximate surface area is 147 Å². The van der Waals surface area contributed by atoms with Crippen molar-refractivity contribution >= 4 is 11.6 Å². The molecule has 4 nitrogen and oxygen atoms in total. The van der Waals surface area contributed by atoms with Gasteiger partial charge in [0.05, 0.1) is 14.2 Å². The highest BCUT2D eigenvalue weighted by Gasteiger charge is 2.11. The van der Waals surface area contributed by atoms with Crippen molar-refractivity contribution in [3.05, 3.63) is 78.4 Å². The summed E-state index contributed by atoms with van der Waals surface area (Å²) < 4.78 is 10.4. The molecular weight excluding hydrogens is 314 g/mol. The summed E-state index contributed by atoms with van der Waals surface area (Å²) in [5.74, 6) is 0.911. The molecule has 4 heteroatoms. The van der Waals surface area contributed by atoms with E-state index in [-0.39, 0.29) is 5.91 Å². The lowest BCUT2D eigenvalue weighted by molar-refractivity contribution is 0.102. The van der Waals surface area contributed by atoms with Gasteiger partial charge >= 0.3 is 0 Å². The molecule has 25 heavy (non-hydrogen) atoms. The van der Waals surface area contributed by atoms with Crippen molar-refractivity contribution in [2.75, 3.05) is 19.5 Å². The Morgan fingerprint density at radius 3 is 2.04 bits per heavy atom. The van der Waals surface area contributed by atoms with Gasteiger partial charge in [-0.2, -0.15) is 0 Å². The molecule has 0 heterocycles. The largest absolute Gasteiger partial charge is 0.493 e. The van der Waals surface area contributed by atoms with Gasteiger partial charge in [-0.05, 0) is 41.5 Å². The Hall–Kier alpha value is -3.27. The van der Waals surface area contributed by atoms with E-state index in [4.69, 9.17) is 9.47 Å².